The molecular weight excluding hydrogens is 361 g/mol. The monoisotopic (exact) mass is 375 g/mol. The van der Waals surface area contributed by atoms with Crippen LogP contribution < -0.4 is 5.32 Å². The van der Waals surface area contributed by atoms with Crippen molar-refractivity contribution in [3.63, 3.8) is 0 Å². The van der Waals surface area contributed by atoms with Crippen LogP contribution in [-0.4, -0.2) is 6.04 Å². The number of hydrogen-bond acceptors (Lipinski definition) is 2. The van der Waals surface area contributed by atoms with E-state index in [4.69, 9.17) is 27.6 Å². The summed E-state index contributed by atoms with van der Waals surface area (Å²) in [5.74, 6) is 1.53. The summed E-state index contributed by atoms with van der Waals surface area (Å²) in [6, 6.07) is 2.21. The second-order valence-corrected chi connectivity index (χ2v) is 7.25. The van der Waals surface area contributed by atoms with Crippen molar-refractivity contribution in [2.24, 2.45) is 0 Å². The maximum absolute atomic E-state index is 6.47. The SMILES string of the molecule is CC(C)NCc1oc2c(Cl)cc(Br)c(Cl)c2c1C1CC1. The second kappa shape index (κ2) is 5.53. The molecule has 0 saturated heterocycles. The van der Waals surface area contributed by atoms with E-state index in [0.29, 0.717) is 34.1 Å². The van der Waals surface area contributed by atoms with Gasteiger partial charge in [0.2, 0.25) is 0 Å². The second-order valence-electron chi connectivity index (χ2n) is 5.61. The van der Waals surface area contributed by atoms with Crippen molar-refractivity contribution in [2.75, 3.05) is 0 Å². The third kappa shape index (κ3) is 2.61. The molecule has 1 aromatic heterocycles. The Morgan fingerprint density at radius 3 is 2.70 bits per heavy atom. The molecule has 5 heteroatoms. The van der Waals surface area contributed by atoms with Crippen LogP contribution >= 0.6 is 39.1 Å². The molecule has 0 atom stereocenters. The van der Waals surface area contributed by atoms with E-state index in [-0.39, 0.29) is 0 Å². The smallest absolute Gasteiger partial charge is 0.154 e. The molecule has 2 nitrogen and oxygen atoms in total. The molecule has 1 heterocycles. The summed E-state index contributed by atoms with van der Waals surface area (Å²) in [5, 5.41) is 5.69. The summed E-state index contributed by atoms with van der Waals surface area (Å²) < 4.78 is 6.84. The topological polar surface area (TPSA) is 25.2 Å². The van der Waals surface area contributed by atoms with Crippen LogP contribution in [0.5, 0.6) is 0 Å². The third-order valence-electron chi connectivity index (χ3n) is 3.58. The van der Waals surface area contributed by atoms with Crippen molar-refractivity contribution in [1.29, 1.82) is 0 Å². The van der Waals surface area contributed by atoms with Gasteiger partial charge in [-0.05, 0) is 40.8 Å². The van der Waals surface area contributed by atoms with Crippen molar-refractivity contribution in [3.8, 4) is 0 Å². The highest BCUT2D eigenvalue weighted by Crippen LogP contribution is 2.50. The van der Waals surface area contributed by atoms with Gasteiger partial charge in [0.15, 0.2) is 5.58 Å². The van der Waals surface area contributed by atoms with E-state index in [0.717, 1.165) is 15.6 Å². The van der Waals surface area contributed by atoms with Crippen molar-refractivity contribution in [2.45, 2.75) is 45.2 Å². The quantitative estimate of drug-likeness (QED) is 0.674. The van der Waals surface area contributed by atoms with Crippen LogP contribution in [-0.2, 0) is 6.54 Å². The Bertz CT molecular complexity index is 662. The van der Waals surface area contributed by atoms with Crippen LogP contribution in [0.4, 0.5) is 0 Å². The van der Waals surface area contributed by atoms with Gasteiger partial charge in [0, 0.05) is 21.5 Å². The Labute approximate surface area is 136 Å². The molecule has 0 spiro atoms. The van der Waals surface area contributed by atoms with Crippen LogP contribution in [0.25, 0.3) is 11.0 Å². The molecule has 1 saturated carbocycles. The zero-order valence-electron chi connectivity index (χ0n) is 11.4. The lowest BCUT2D eigenvalue weighted by Gasteiger charge is -2.07. The number of rotatable bonds is 4. The minimum atomic E-state index is 0.410. The fourth-order valence-corrected chi connectivity index (χ4v) is 3.51. The van der Waals surface area contributed by atoms with Gasteiger partial charge >= 0.3 is 0 Å². The number of furan rings is 1. The first-order chi connectivity index (χ1) is 9.49. The Morgan fingerprint density at radius 2 is 2.10 bits per heavy atom. The zero-order chi connectivity index (χ0) is 14.4. The molecule has 3 rings (SSSR count). The normalized spacial score (nSPS) is 15.5. The average Bonchev–Trinajstić information content (AvgIpc) is 3.14. The van der Waals surface area contributed by atoms with Gasteiger partial charge in [-0.25, -0.2) is 0 Å². The summed E-state index contributed by atoms with van der Waals surface area (Å²) in [6.07, 6.45) is 2.40. The summed E-state index contributed by atoms with van der Waals surface area (Å²) in [6.45, 7) is 4.95. The fourth-order valence-electron chi connectivity index (χ4n) is 2.47. The van der Waals surface area contributed by atoms with Gasteiger partial charge in [0.05, 0.1) is 16.6 Å². The predicted octanol–water partition coefficient (Wildman–Crippen LogP) is 5.88. The average molecular weight is 377 g/mol. The van der Waals surface area contributed by atoms with Gasteiger partial charge in [0.25, 0.3) is 0 Å². The molecule has 0 aliphatic heterocycles. The molecule has 0 unspecified atom stereocenters. The van der Waals surface area contributed by atoms with Crippen molar-refractivity contribution in [1.82, 2.24) is 5.32 Å². The minimum absolute atomic E-state index is 0.410. The van der Waals surface area contributed by atoms with Gasteiger partial charge in [-0.1, -0.05) is 37.0 Å². The maximum atomic E-state index is 6.47. The Morgan fingerprint density at radius 1 is 1.40 bits per heavy atom. The third-order valence-corrected chi connectivity index (χ3v) is 5.11. The minimum Gasteiger partial charge on any atom is -0.458 e. The standard InChI is InChI=1S/C15H16BrCl2NO/c1-7(2)19-6-11-12(8-3-4-8)13-14(18)9(16)5-10(17)15(13)20-11/h5,7-8,19H,3-4,6H2,1-2H3. The van der Waals surface area contributed by atoms with Gasteiger partial charge in [-0.2, -0.15) is 0 Å². The molecule has 1 aliphatic rings. The molecule has 0 amide bonds. The maximum Gasteiger partial charge on any atom is 0.154 e. The highest BCUT2D eigenvalue weighted by atomic mass is 79.9. The zero-order valence-corrected chi connectivity index (χ0v) is 14.5. The molecule has 2 aromatic rings. The van der Waals surface area contributed by atoms with Crippen LogP contribution in [0.1, 0.15) is 43.9 Å². The van der Waals surface area contributed by atoms with E-state index in [1.165, 1.54) is 18.4 Å². The van der Waals surface area contributed by atoms with E-state index in [1.54, 1.807) is 6.07 Å². The van der Waals surface area contributed by atoms with Gasteiger partial charge in [-0.3, -0.25) is 0 Å². The Kier molecular flexibility index (Phi) is 4.06. The number of nitrogens with one attached hydrogen (secondary N) is 1. The van der Waals surface area contributed by atoms with E-state index in [9.17, 15) is 0 Å². The predicted molar refractivity (Wildman–Crippen MR) is 87.9 cm³/mol. The summed E-state index contributed by atoms with van der Waals surface area (Å²) >= 11 is 16.2. The van der Waals surface area contributed by atoms with E-state index in [1.807, 2.05) is 0 Å². The van der Waals surface area contributed by atoms with Crippen LogP contribution in [0, 0.1) is 0 Å². The fraction of sp³-hybridized carbons (Fsp3) is 0.467. The largest absolute Gasteiger partial charge is 0.458 e. The van der Waals surface area contributed by atoms with E-state index in [2.05, 4.69) is 35.1 Å². The van der Waals surface area contributed by atoms with Crippen LogP contribution in [0.15, 0.2) is 15.0 Å². The molecule has 1 fully saturated rings. The summed E-state index contributed by atoms with van der Waals surface area (Å²) in [7, 11) is 0. The first kappa shape index (κ1) is 14.7. The van der Waals surface area contributed by atoms with Crippen LogP contribution in [0.2, 0.25) is 10.0 Å². The molecule has 108 valence electrons. The van der Waals surface area contributed by atoms with Crippen molar-refractivity contribution < 1.29 is 4.42 Å². The van der Waals surface area contributed by atoms with Gasteiger partial charge in [-0.15, -0.1) is 0 Å². The first-order valence-corrected chi connectivity index (χ1v) is 8.36. The highest BCUT2D eigenvalue weighted by Gasteiger charge is 2.32. The summed E-state index contributed by atoms with van der Waals surface area (Å²) in [5.41, 5.74) is 1.95. The Balaban J connectivity index is 2.17. The first-order valence-electron chi connectivity index (χ1n) is 6.81. The Hall–Kier alpha value is -0.220. The number of benzene rings is 1. The summed E-state index contributed by atoms with van der Waals surface area (Å²) in [4.78, 5) is 0. The number of hydrogen-bond donors (Lipinski definition) is 1. The lowest BCUT2D eigenvalue weighted by Crippen LogP contribution is -2.22. The molecule has 0 bridgehead atoms. The lowest BCUT2D eigenvalue weighted by molar-refractivity contribution is 0.483. The number of halogens is 3. The van der Waals surface area contributed by atoms with Crippen molar-refractivity contribution in [3.05, 3.63) is 31.9 Å². The number of fused-ring (bicyclic) bond motifs is 1. The molecule has 0 radical (unpaired) electrons. The molecule has 1 aliphatic carbocycles. The van der Waals surface area contributed by atoms with Crippen molar-refractivity contribution >= 4 is 50.1 Å². The van der Waals surface area contributed by atoms with Gasteiger partial charge in [0.1, 0.15) is 5.76 Å². The highest BCUT2D eigenvalue weighted by molar-refractivity contribution is 9.10. The molecule has 1 aromatic carbocycles. The molecular formula is C15H16BrCl2NO. The van der Waals surface area contributed by atoms with E-state index >= 15 is 0 Å². The molecule has 1 N–H and O–H groups in total. The van der Waals surface area contributed by atoms with Gasteiger partial charge < -0.3 is 9.73 Å². The lowest BCUT2D eigenvalue weighted by atomic mass is 10.1. The molecule has 20 heavy (non-hydrogen) atoms. The van der Waals surface area contributed by atoms with E-state index < -0.39 is 0 Å². The van der Waals surface area contributed by atoms with Crippen LogP contribution in [0.3, 0.4) is 0 Å².